The highest BCUT2D eigenvalue weighted by Crippen LogP contribution is 2.22. The summed E-state index contributed by atoms with van der Waals surface area (Å²) in [6.45, 7) is 0. The van der Waals surface area contributed by atoms with Gasteiger partial charge < -0.3 is 48.5 Å². The number of rotatable bonds is 12. The molecule has 0 aromatic heterocycles. The van der Waals surface area contributed by atoms with E-state index in [1.807, 2.05) is 0 Å². The molecule has 30 heavy (non-hydrogen) atoms. The molecule has 0 rings (SSSR count). The van der Waals surface area contributed by atoms with E-state index < -0.39 is 60.4 Å². The first-order valence-corrected chi connectivity index (χ1v) is 10.8. The zero-order valence-corrected chi connectivity index (χ0v) is 18.0. The Hall–Kier alpha value is -1.76. The van der Waals surface area contributed by atoms with Crippen LogP contribution in [0.5, 0.6) is 0 Å². The minimum Gasteiger partial charge on any atom is -0.481 e. The Labute approximate surface area is 184 Å². The molecule has 4 atom stereocenters. The average Bonchev–Trinajstić information content (AvgIpc) is 2.64. The third kappa shape index (κ3) is 22.5. The van der Waals surface area contributed by atoms with E-state index in [0.29, 0.717) is 0 Å². The highest BCUT2D eigenvalue weighted by molar-refractivity contribution is 8.76. The van der Waals surface area contributed by atoms with E-state index in [9.17, 15) is 24.0 Å². The average molecular weight is 495 g/mol. The fourth-order valence-electron chi connectivity index (χ4n) is 0.739. The van der Waals surface area contributed by atoms with E-state index in [4.69, 9.17) is 48.5 Å². The second-order valence-corrected chi connectivity index (χ2v) is 8.05. The molecule has 0 unspecified atom stereocenters. The summed E-state index contributed by atoms with van der Waals surface area (Å²) in [6.07, 6.45) is -0.532. The Bertz CT molecular complexity index is 547. The summed E-state index contributed by atoms with van der Waals surface area (Å²) >= 11 is 3.65. The Morgan fingerprint density at radius 2 is 0.933 bits per heavy atom. The van der Waals surface area contributed by atoms with Crippen molar-refractivity contribution >= 4 is 64.1 Å². The largest absolute Gasteiger partial charge is 0.481 e. The molecule has 13 N–H and O–H groups in total. The molecule has 0 amide bonds. The summed E-state index contributed by atoms with van der Waals surface area (Å²) in [5.74, 6) is -4.99. The van der Waals surface area contributed by atoms with E-state index in [0.717, 1.165) is 0 Å². The van der Waals surface area contributed by atoms with Gasteiger partial charge in [-0.1, -0.05) is 21.6 Å². The molecule has 0 heterocycles. The number of hydrogen-bond acceptors (Lipinski definition) is 12. The smallest absolute Gasteiger partial charge is 0.321 e. The minimum absolute atomic E-state index is 0.190. The van der Waals surface area contributed by atoms with Gasteiger partial charge in [-0.05, 0) is 0 Å². The maximum absolute atomic E-state index is 10.3. The van der Waals surface area contributed by atoms with Gasteiger partial charge in [0.05, 0.1) is 6.42 Å². The van der Waals surface area contributed by atoms with Gasteiger partial charge in [0.25, 0.3) is 0 Å². The van der Waals surface area contributed by atoms with E-state index in [1.165, 1.54) is 21.6 Å². The fourth-order valence-corrected chi connectivity index (χ4v) is 3.12. The van der Waals surface area contributed by atoms with Gasteiger partial charge >= 0.3 is 29.8 Å². The lowest BCUT2D eigenvalue weighted by Crippen LogP contribution is -2.33. The second kappa shape index (κ2) is 19.2. The maximum atomic E-state index is 10.3. The van der Waals surface area contributed by atoms with Crippen molar-refractivity contribution in [2.24, 2.45) is 22.9 Å². The molecule has 0 saturated heterocycles. The van der Waals surface area contributed by atoms with Crippen LogP contribution in [0.25, 0.3) is 0 Å². The second-order valence-electron chi connectivity index (χ2n) is 5.13. The van der Waals surface area contributed by atoms with Gasteiger partial charge in [-0.3, -0.25) is 24.0 Å². The first-order chi connectivity index (χ1) is 13.7. The van der Waals surface area contributed by atoms with Crippen LogP contribution in [0.1, 0.15) is 6.42 Å². The highest BCUT2D eigenvalue weighted by atomic mass is 33.1. The molecular weight excluding hydrogens is 468 g/mol. The molecule has 0 bridgehead atoms. The molecule has 0 radical (unpaired) electrons. The van der Waals surface area contributed by atoms with Crippen molar-refractivity contribution in [1.82, 2.24) is 0 Å². The number of hydrogen-bond donors (Lipinski definition) is 10. The number of nitrogens with two attached hydrogens (primary N) is 4. The third-order valence-electron chi connectivity index (χ3n) is 2.44. The van der Waals surface area contributed by atoms with Crippen molar-refractivity contribution in [2.75, 3.05) is 17.3 Å². The summed E-state index contributed by atoms with van der Waals surface area (Å²) in [5.41, 5.74) is 20.2. The van der Waals surface area contributed by atoms with Gasteiger partial charge in [0, 0.05) is 17.3 Å². The molecule has 0 spiro atoms. The number of carbonyl (C=O) groups is 5. The molecule has 0 aliphatic rings. The van der Waals surface area contributed by atoms with Crippen LogP contribution in [-0.4, -0.2) is 96.8 Å². The van der Waals surface area contributed by atoms with E-state index >= 15 is 0 Å². The minimum atomic E-state index is -1.29. The summed E-state index contributed by atoms with van der Waals surface area (Å²) in [5, 5.41) is 40.9. The van der Waals surface area contributed by atoms with Crippen LogP contribution in [0, 0.1) is 0 Å². The van der Waals surface area contributed by atoms with Crippen LogP contribution in [0.3, 0.4) is 0 Å². The highest BCUT2D eigenvalue weighted by Gasteiger charge is 2.15. The number of carboxylic acid groups (broad SMARTS) is 5. The Morgan fingerprint density at radius 3 is 1.07 bits per heavy atom. The molecule has 0 saturated carbocycles. The normalized spacial score (nSPS) is 13.8. The first kappa shape index (κ1) is 32.9. The zero-order chi connectivity index (χ0) is 24.4. The van der Waals surface area contributed by atoms with Crippen LogP contribution < -0.4 is 22.9 Å². The van der Waals surface area contributed by atoms with Crippen molar-refractivity contribution in [2.45, 2.75) is 30.6 Å². The Balaban J connectivity index is -0.000000393. The molecule has 0 aliphatic carbocycles. The third-order valence-corrected chi connectivity index (χ3v) is 5.31. The van der Waals surface area contributed by atoms with Crippen molar-refractivity contribution in [3.8, 4) is 0 Å². The summed E-state index contributed by atoms with van der Waals surface area (Å²) in [4.78, 5) is 49.9. The van der Waals surface area contributed by atoms with Gasteiger partial charge in [-0.15, -0.1) is 0 Å². The van der Waals surface area contributed by atoms with Crippen molar-refractivity contribution < 1.29 is 49.5 Å². The number of carboxylic acids is 5. The van der Waals surface area contributed by atoms with Gasteiger partial charge in [0.15, 0.2) is 0 Å². The molecule has 0 aromatic carbocycles. The van der Waals surface area contributed by atoms with E-state index in [-0.39, 0.29) is 17.3 Å². The number of aliphatic carboxylic acids is 5. The summed E-state index contributed by atoms with van der Waals surface area (Å²) in [7, 11) is 2.41. The van der Waals surface area contributed by atoms with Crippen LogP contribution in [-0.2, 0) is 24.0 Å². The fraction of sp³-hybridized carbons (Fsp3) is 0.615. The lowest BCUT2D eigenvalue weighted by atomic mass is 10.2. The number of thiol groups is 1. The zero-order valence-electron chi connectivity index (χ0n) is 15.5. The van der Waals surface area contributed by atoms with Crippen LogP contribution >= 0.6 is 34.2 Å². The molecule has 0 aromatic rings. The Morgan fingerprint density at radius 1 is 0.633 bits per heavy atom. The molecule has 176 valence electrons. The topological polar surface area (TPSA) is 291 Å². The molecular formula is C13H26N4O10S3. The molecule has 0 aliphatic heterocycles. The predicted molar refractivity (Wildman–Crippen MR) is 113 cm³/mol. The lowest BCUT2D eigenvalue weighted by Gasteiger charge is -2.07. The van der Waals surface area contributed by atoms with Gasteiger partial charge in [-0.2, -0.15) is 12.6 Å². The Kier molecular flexibility index (Phi) is 21.1. The van der Waals surface area contributed by atoms with Crippen LogP contribution in [0.4, 0.5) is 0 Å². The summed E-state index contributed by atoms with van der Waals surface area (Å²) in [6, 6.07) is -3.95. The molecule has 14 nitrogen and oxygen atoms in total. The van der Waals surface area contributed by atoms with Gasteiger partial charge in [0.2, 0.25) is 0 Å². The van der Waals surface area contributed by atoms with Gasteiger partial charge in [-0.25, -0.2) is 0 Å². The molecule has 17 heteroatoms. The van der Waals surface area contributed by atoms with Crippen molar-refractivity contribution in [3.05, 3.63) is 0 Å². The summed E-state index contributed by atoms with van der Waals surface area (Å²) < 4.78 is 0. The first-order valence-electron chi connectivity index (χ1n) is 7.67. The standard InChI is InChI=1S/C6H12N2O4S2.C4H7NO4.C3H7NO2S/c7-3(5(9)10)1-13-14-2-4(8)6(11)12;5-2(4(8)9)1-3(6)7;4-2(1-7)3(5)6/h3-4H,1-2,7-8H2,(H,9,10)(H,11,12);2H,1,5H2,(H,6,7)(H,8,9);2,7H,1,4H2,(H,5,6)/t3-,4-;2*2-/m000/s1. The van der Waals surface area contributed by atoms with Crippen molar-refractivity contribution in [1.29, 1.82) is 0 Å². The molecule has 0 fully saturated rings. The van der Waals surface area contributed by atoms with Crippen molar-refractivity contribution in [3.63, 3.8) is 0 Å². The monoisotopic (exact) mass is 494 g/mol. The van der Waals surface area contributed by atoms with Crippen LogP contribution in [0.15, 0.2) is 0 Å². The predicted octanol–water partition coefficient (Wildman–Crippen LogP) is -2.61. The SMILES string of the molecule is N[C@@H](CC(=O)O)C(=O)O.N[C@@H](CS)C(=O)O.N[C@@H](CSSC[C@H](N)C(=O)O)C(=O)O. The van der Waals surface area contributed by atoms with Crippen LogP contribution in [0.2, 0.25) is 0 Å². The van der Waals surface area contributed by atoms with E-state index in [2.05, 4.69) is 12.6 Å². The lowest BCUT2D eigenvalue weighted by molar-refractivity contribution is -0.144. The quantitative estimate of drug-likeness (QED) is 0.0754. The van der Waals surface area contributed by atoms with E-state index in [1.54, 1.807) is 0 Å². The maximum Gasteiger partial charge on any atom is 0.321 e. The van der Waals surface area contributed by atoms with Gasteiger partial charge in [0.1, 0.15) is 24.2 Å².